The Bertz CT molecular complexity index is 138. The van der Waals surface area contributed by atoms with Crippen molar-refractivity contribution >= 4 is 0 Å². The second-order valence-corrected chi connectivity index (χ2v) is 3.34. The van der Waals surface area contributed by atoms with Gasteiger partial charge in [-0.2, -0.15) is 0 Å². The van der Waals surface area contributed by atoms with Gasteiger partial charge in [-0.05, 0) is 6.42 Å². The molecule has 1 atom stereocenters. The first-order valence-corrected chi connectivity index (χ1v) is 4.18. The summed E-state index contributed by atoms with van der Waals surface area (Å²) in [6.45, 7) is 4.09. The zero-order valence-electron chi connectivity index (χ0n) is 6.62. The van der Waals surface area contributed by atoms with Crippen LogP contribution in [0.25, 0.3) is 0 Å². The first kappa shape index (κ1) is 7.49. The van der Waals surface area contributed by atoms with Crippen LogP contribution in [0.2, 0.25) is 0 Å². The molecule has 2 saturated heterocycles. The zero-order chi connectivity index (χ0) is 7.68. The molecule has 1 unspecified atom stereocenters. The minimum absolute atomic E-state index is 0.496. The second-order valence-electron chi connectivity index (χ2n) is 3.34. The highest BCUT2D eigenvalue weighted by Gasteiger charge is 2.31. The van der Waals surface area contributed by atoms with Gasteiger partial charge in [0.2, 0.25) is 0 Å². The Balaban J connectivity index is 1.79. The molecule has 0 aliphatic carbocycles. The number of nitrogens with zero attached hydrogens (tertiary/aromatic N) is 1. The molecular formula is C7H15N3O. The first-order valence-electron chi connectivity index (χ1n) is 4.18. The topological polar surface area (TPSA) is 50.5 Å². The van der Waals surface area contributed by atoms with E-state index in [4.69, 9.17) is 10.6 Å². The van der Waals surface area contributed by atoms with E-state index in [-0.39, 0.29) is 0 Å². The molecule has 0 amide bonds. The molecule has 0 aromatic rings. The van der Waals surface area contributed by atoms with Crippen molar-refractivity contribution in [3.63, 3.8) is 0 Å². The van der Waals surface area contributed by atoms with Crippen molar-refractivity contribution < 1.29 is 4.74 Å². The van der Waals surface area contributed by atoms with E-state index < -0.39 is 0 Å². The van der Waals surface area contributed by atoms with Crippen LogP contribution in [0.4, 0.5) is 0 Å². The molecule has 0 radical (unpaired) electrons. The third kappa shape index (κ3) is 1.39. The van der Waals surface area contributed by atoms with Gasteiger partial charge >= 0.3 is 0 Å². The monoisotopic (exact) mass is 157 g/mol. The lowest BCUT2D eigenvalue weighted by molar-refractivity contribution is -0.0575. The van der Waals surface area contributed by atoms with Gasteiger partial charge in [0.15, 0.2) is 0 Å². The summed E-state index contributed by atoms with van der Waals surface area (Å²) in [7, 11) is 0. The lowest BCUT2D eigenvalue weighted by atomic mass is 10.2. The normalized spacial score (nSPS) is 34.1. The first-order chi connectivity index (χ1) is 5.40. The number of nitrogens with one attached hydrogen (secondary N) is 1. The third-order valence-electron chi connectivity index (χ3n) is 2.59. The summed E-state index contributed by atoms with van der Waals surface area (Å²) < 4.78 is 5.12. The lowest BCUT2D eigenvalue weighted by Crippen LogP contribution is -2.49. The molecule has 0 aromatic heterocycles. The molecule has 4 nitrogen and oxygen atoms in total. The highest BCUT2D eigenvalue weighted by atomic mass is 16.5. The number of hydrogen-bond acceptors (Lipinski definition) is 4. The number of rotatable bonds is 2. The Labute approximate surface area is 66.7 Å². The average Bonchev–Trinajstić information content (AvgIpc) is 2.32. The molecule has 0 saturated carbocycles. The maximum absolute atomic E-state index is 5.35. The highest BCUT2D eigenvalue weighted by Crippen LogP contribution is 2.17. The van der Waals surface area contributed by atoms with Crippen LogP contribution in [0.15, 0.2) is 0 Å². The molecule has 0 aromatic carbocycles. The standard InChI is InChI=1S/C7H15N3O/c8-9-6-1-2-10(3-6)7-4-11-5-7/h6-7,9H,1-5,8H2. The molecule has 2 aliphatic heterocycles. The molecule has 3 N–H and O–H groups in total. The third-order valence-corrected chi connectivity index (χ3v) is 2.59. The van der Waals surface area contributed by atoms with Crippen molar-refractivity contribution in [3.05, 3.63) is 0 Å². The van der Waals surface area contributed by atoms with Crippen molar-refractivity contribution in [3.8, 4) is 0 Å². The number of ether oxygens (including phenoxy) is 1. The Hall–Kier alpha value is -0.160. The van der Waals surface area contributed by atoms with Crippen molar-refractivity contribution in [1.29, 1.82) is 0 Å². The van der Waals surface area contributed by atoms with E-state index >= 15 is 0 Å². The SMILES string of the molecule is NNC1CCN(C2COC2)C1. The van der Waals surface area contributed by atoms with Crippen LogP contribution in [0, 0.1) is 0 Å². The Kier molecular flexibility index (Phi) is 2.09. The number of hydrazine groups is 1. The summed E-state index contributed by atoms with van der Waals surface area (Å²) in [6, 6.07) is 1.17. The summed E-state index contributed by atoms with van der Waals surface area (Å²) >= 11 is 0. The second kappa shape index (κ2) is 3.06. The van der Waals surface area contributed by atoms with Crippen LogP contribution < -0.4 is 11.3 Å². The van der Waals surface area contributed by atoms with E-state index in [1.165, 1.54) is 13.0 Å². The average molecular weight is 157 g/mol. The summed E-state index contributed by atoms with van der Waals surface area (Å²) in [6.07, 6.45) is 1.17. The smallest absolute Gasteiger partial charge is 0.0645 e. The minimum Gasteiger partial charge on any atom is -0.378 e. The lowest BCUT2D eigenvalue weighted by Gasteiger charge is -2.34. The molecule has 2 rings (SSSR count). The van der Waals surface area contributed by atoms with Crippen LogP contribution in [0.1, 0.15) is 6.42 Å². The van der Waals surface area contributed by atoms with Crippen molar-refractivity contribution in [2.75, 3.05) is 26.3 Å². The van der Waals surface area contributed by atoms with E-state index in [2.05, 4.69) is 10.3 Å². The minimum atomic E-state index is 0.496. The van der Waals surface area contributed by atoms with E-state index in [0.29, 0.717) is 12.1 Å². The largest absolute Gasteiger partial charge is 0.378 e. The van der Waals surface area contributed by atoms with Gasteiger partial charge in [-0.25, -0.2) is 0 Å². The van der Waals surface area contributed by atoms with Crippen LogP contribution in [0.3, 0.4) is 0 Å². The van der Waals surface area contributed by atoms with Crippen LogP contribution in [0.5, 0.6) is 0 Å². The predicted octanol–water partition coefficient (Wildman–Crippen LogP) is -1.08. The summed E-state index contributed by atoms with van der Waals surface area (Å²) in [5, 5.41) is 0. The molecule has 4 heteroatoms. The number of nitrogens with two attached hydrogens (primary N) is 1. The summed E-state index contributed by atoms with van der Waals surface area (Å²) in [4.78, 5) is 2.45. The van der Waals surface area contributed by atoms with Gasteiger partial charge in [-0.15, -0.1) is 0 Å². The van der Waals surface area contributed by atoms with Gasteiger partial charge in [-0.1, -0.05) is 0 Å². The fourth-order valence-corrected chi connectivity index (χ4v) is 1.69. The molecule has 2 fully saturated rings. The highest BCUT2D eigenvalue weighted by molar-refractivity contribution is 4.86. The van der Waals surface area contributed by atoms with Crippen molar-refractivity contribution in [1.82, 2.24) is 10.3 Å². The van der Waals surface area contributed by atoms with E-state index in [1.54, 1.807) is 0 Å². The van der Waals surface area contributed by atoms with Crippen LogP contribution in [-0.2, 0) is 4.74 Å². The quantitative estimate of drug-likeness (QED) is 0.395. The Morgan fingerprint density at radius 3 is 2.73 bits per heavy atom. The van der Waals surface area contributed by atoms with Crippen LogP contribution in [-0.4, -0.2) is 43.3 Å². The van der Waals surface area contributed by atoms with E-state index in [9.17, 15) is 0 Å². The summed E-state index contributed by atoms with van der Waals surface area (Å²) in [5.74, 6) is 5.35. The molecular weight excluding hydrogens is 142 g/mol. The fourth-order valence-electron chi connectivity index (χ4n) is 1.69. The van der Waals surface area contributed by atoms with Gasteiger partial charge < -0.3 is 4.74 Å². The molecule has 64 valence electrons. The number of hydrogen-bond donors (Lipinski definition) is 2. The van der Waals surface area contributed by atoms with Gasteiger partial charge in [0.1, 0.15) is 0 Å². The van der Waals surface area contributed by atoms with Crippen molar-refractivity contribution in [2.45, 2.75) is 18.5 Å². The predicted molar refractivity (Wildman–Crippen MR) is 41.9 cm³/mol. The Morgan fingerprint density at radius 1 is 1.45 bits per heavy atom. The van der Waals surface area contributed by atoms with Gasteiger partial charge in [0, 0.05) is 19.1 Å². The maximum Gasteiger partial charge on any atom is 0.0645 e. The van der Waals surface area contributed by atoms with Gasteiger partial charge in [-0.3, -0.25) is 16.2 Å². The number of likely N-dealkylation sites (tertiary alicyclic amines) is 1. The van der Waals surface area contributed by atoms with Crippen LogP contribution >= 0.6 is 0 Å². The molecule has 0 bridgehead atoms. The summed E-state index contributed by atoms with van der Waals surface area (Å²) in [5.41, 5.74) is 2.81. The van der Waals surface area contributed by atoms with E-state index in [1.807, 2.05) is 0 Å². The molecule has 2 aliphatic rings. The van der Waals surface area contributed by atoms with Gasteiger partial charge in [0.25, 0.3) is 0 Å². The fraction of sp³-hybridized carbons (Fsp3) is 1.00. The van der Waals surface area contributed by atoms with E-state index in [0.717, 1.165) is 19.8 Å². The molecule has 2 heterocycles. The Morgan fingerprint density at radius 2 is 2.27 bits per heavy atom. The zero-order valence-corrected chi connectivity index (χ0v) is 6.62. The molecule has 0 spiro atoms. The van der Waals surface area contributed by atoms with Gasteiger partial charge in [0.05, 0.1) is 19.3 Å². The maximum atomic E-state index is 5.35. The molecule has 11 heavy (non-hydrogen) atoms. The van der Waals surface area contributed by atoms with Crippen molar-refractivity contribution in [2.24, 2.45) is 5.84 Å².